The van der Waals surface area contributed by atoms with Crippen LogP contribution in [0.1, 0.15) is 30.8 Å². The average molecular weight is 356 g/mol. The van der Waals surface area contributed by atoms with Gasteiger partial charge in [-0.05, 0) is 30.4 Å². The summed E-state index contributed by atoms with van der Waals surface area (Å²) >= 11 is 0. The highest BCUT2D eigenvalue weighted by Crippen LogP contribution is 2.21. The Kier molecular flexibility index (Phi) is 5.93. The van der Waals surface area contributed by atoms with Crippen LogP contribution in [-0.2, 0) is 0 Å². The van der Waals surface area contributed by atoms with Gasteiger partial charge in [0, 0.05) is 26.2 Å². The number of methoxy groups -OCH3 is 1. The van der Waals surface area contributed by atoms with Gasteiger partial charge in [-0.1, -0.05) is 32.0 Å². The molecular weight excluding hydrogens is 328 g/mol. The Morgan fingerprint density at radius 3 is 2.58 bits per heavy atom. The molecule has 6 nitrogen and oxygen atoms in total. The minimum atomic E-state index is -0.199. The fourth-order valence-electron chi connectivity index (χ4n) is 3.76. The van der Waals surface area contributed by atoms with E-state index in [0.29, 0.717) is 18.0 Å². The summed E-state index contributed by atoms with van der Waals surface area (Å²) in [5.74, 6) is 1.72. The third-order valence-corrected chi connectivity index (χ3v) is 4.79. The van der Waals surface area contributed by atoms with Crippen LogP contribution >= 0.6 is 0 Å². The molecule has 26 heavy (non-hydrogen) atoms. The van der Waals surface area contributed by atoms with E-state index in [0.717, 1.165) is 37.2 Å². The van der Waals surface area contributed by atoms with E-state index in [9.17, 15) is 4.79 Å². The van der Waals surface area contributed by atoms with E-state index in [1.54, 1.807) is 18.0 Å². The second kappa shape index (κ2) is 8.36. The van der Waals surface area contributed by atoms with Crippen LogP contribution in [0.25, 0.3) is 5.69 Å². The predicted octanol–water partition coefficient (Wildman–Crippen LogP) is 2.59. The third-order valence-electron chi connectivity index (χ3n) is 4.79. The molecule has 3 rings (SSSR count). The van der Waals surface area contributed by atoms with Gasteiger partial charge in [-0.2, -0.15) is 5.10 Å². The first kappa shape index (κ1) is 18.5. The average Bonchev–Trinajstić information content (AvgIpc) is 3.06. The molecule has 0 spiro atoms. The van der Waals surface area contributed by atoms with Gasteiger partial charge in [-0.3, -0.25) is 4.79 Å². The van der Waals surface area contributed by atoms with E-state index >= 15 is 0 Å². The minimum absolute atomic E-state index is 0.199. The van der Waals surface area contributed by atoms with Crippen LogP contribution < -0.4 is 10.1 Å². The number of hydrogen-bond acceptors (Lipinski definition) is 4. The molecule has 1 aliphatic rings. The van der Waals surface area contributed by atoms with Crippen LogP contribution in [0.15, 0.2) is 36.5 Å². The molecule has 0 radical (unpaired) electrons. The van der Waals surface area contributed by atoms with Gasteiger partial charge in [0.15, 0.2) is 11.4 Å². The molecule has 0 saturated carbocycles. The summed E-state index contributed by atoms with van der Waals surface area (Å²) in [6.07, 6.45) is 3.02. The van der Waals surface area contributed by atoms with Gasteiger partial charge < -0.3 is 15.0 Å². The van der Waals surface area contributed by atoms with Crippen molar-refractivity contribution in [1.82, 2.24) is 20.0 Å². The van der Waals surface area contributed by atoms with Gasteiger partial charge in [-0.15, -0.1) is 0 Å². The number of aromatic nitrogens is 2. The van der Waals surface area contributed by atoms with Crippen molar-refractivity contribution >= 4 is 5.91 Å². The number of nitrogens with one attached hydrogen (secondary N) is 1. The van der Waals surface area contributed by atoms with Crippen molar-refractivity contribution in [2.45, 2.75) is 20.3 Å². The molecule has 1 aromatic heterocycles. The highest BCUT2D eigenvalue weighted by Gasteiger charge is 2.22. The lowest BCUT2D eigenvalue weighted by Gasteiger charge is -2.34. The van der Waals surface area contributed by atoms with Gasteiger partial charge >= 0.3 is 0 Å². The van der Waals surface area contributed by atoms with Crippen LogP contribution in [0.5, 0.6) is 5.75 Å². The lowest BCUT2D eigenvalue weighted by atomic mass is 9.92. The number of likely N-dealkylation sites (tertiary alicyclic amines) is 1. The summed E-state index contributed by atoms with van der Waals surface area (Å²) in [5.41, 5.74) is 1.21. The molecule has 1 fully saturated rings. The van der Waals surface area contributed by atoms with Crippen molar-refractivity contribution in [1.29, 1.82) is 0 Å². The fourth-order valence-corrected chi connectivity index (χ4v) is 3.76. The van der Waals surface area contributed by atoms with Crippen molar-refractivity contribution < 1.29 is 9.53 Å². The molecule has 1 amide bonds. The molecule has 1 aliphatic heterocycles. The van der Waals surface area contributed by atoms with Crippen molar-refractivity contribution in [3.8, 4) is 11.4 Å². The molecule has 6 heteroatoms. The molecule has 0 aliphatic carbocycles. The van der Waals surface area contributed by atoms with Gasteiger partial charge in [-0.25, -0.2) is 4.68 Å². The second-order valence-corrected chi connectivity index (χ2v) is 7.29. The highest BCUT2D eigenvalue weighted by molar-refractivity contribution is 5.94. The number of piperidine rings is 1. The second-order valence-electron chi connectivity index (χ2n) is 7.29. The Morgan fingerprint density at radius 1 is 1.23 bits per heavy atom. The van der Waals surface area contributed by atoms with E-state index < -0.39 is 0 Å². The Bertz CT molecular complexity index is 719. The zero-order valence-corrected chi connectivity index (χ0v) is 15.8. The number of carbonyl (C=O) groups excluding carboxylic acids is 1. The number of para-hydroxylation sites is 1. The minimum Gasteiger partial charge on any atom is -0.493 e. The lowest BCUT2D eigenvalue weighted by Crippen LogP contribution is -2.43. The summed E-state index contributed by atoms with van der Waals surface area (Å²) in [6, 6.07) is 9.69. The Balaban J connectivity index is 1.60. The Morgan fingerprint density at radius 2 is 1.92 bits per heavy atom. The first-order valence-electron chi connectivity index (χ1n) is 9.26. The zero-order valence-electron chi connectivity index (χ0n) is 15.8. The van der Waals surface area contributed by atoms with Gasteiger partial charge in [0.1, 0.15) is 0 Å². The summed E-state index contributed by atoms with van der Waals surface area (Å²) in [4.78, 5) is 15.0. The van der Waals surface area contributed by atoms with Crippen LogP contribution in [-0.4, -0.2) is 53.9 Å². The van der Waals surface area contributed by atoms with E-state index in [1.165, 1.54) is 6.42 Å². The SMILES string of the molecule is COc1cn(-c2ccccc2)nc1C(=O)NCCN1C[C@H](C)C[C@@H](C)C1. The van der Waals surface area contributed by atoms with E-state index in [1.807, 2.05) is 30.3 Å². The molecule has 140 valence electrons. The number of nitrogens with zero attached hydrogens (tertiary/aromatic N) is 3. The largest absolute Gasteiger partial charge is 0.493 e. The molecule has 0 bridgehead atoms. The predicted molar refractivity (Wildman–Crippen MR) is 102 cm³/mol. The molecule has 2 atom stereocenters. The van der Waals surface area contributed by atoms with Crippen LogP contribution in [0.3, 0.4) is 0 Å². The standard InChI is InChI=1S/C20H28N4O2/c1-15-11-16(2)13-23(12-15)10-9-21-20(25)19-18(26-3)14-24(22-19)17-7-5-4-6-8-17/h4-8,14-16H,9-13H2,1-3H3,(H,21,25)/t15-,16-/m1/s1. The summed E-state index contributed by atoms with van der Waals surface area (Å²) in [5, 5.41) is 7.39. The van der Waals surface area contributed by atoms with Gasteiger partial charge in [0.25, 0.3) is 5.91 Å². The van der Waals surface area contributed by atoms with Crippen LogP contribution in [0.2, 0.25) is 0 Å². The number of carbonyl (C=O) groups is 1. The van der Waals surface area contributed by atoms with E-state index in [4.69, 9.17) is 4.74 Å². The number of rotatable bonds is 6. The van der Waals surface area contributed by atoms with Gasteiger partial charge in [0.05, 0.1) is 19.0 Å². The molecular formula is C20H28N4O2. The summed E-state index contributed by atoms with van der Waals surface area (Å²) in [7, 11) is 1.56. The van der Waals surface area contributed by atoms with Crippen molar-refractivity contribution in [2.24, 2.45) is 11.8 Å². The van der Waals surface area contributed by atoms with Crippen molar-refractivity contribution in [2.75, 3.05) is 33.3 Å². The van der Waals surface area contributed by atoms with Gasteiger partial charge in [0.2, 0.25) is 0 Å². The summed E-state index contributed by atoms with van der Waals surface area (Å²) < 4.78 is 7.01. The summed E-state index contributed by atoms with van der Waals surface area (Å²) in [6.45, 7) is 8.27. The molecule has 1 saturated heterocycles. The molecule has 0 unspecified atom stereocenters. The smallest absolute Gasteiger partial charge is 0.275 e. The quantitative estimate of drug-likeness (QED) is 0.864. The third kappa shape index (κ3) is 4.43. The number of benzene rings is 1. The topological polar surface area (TPSA) is 59.4 Å². The molecule has 1 N–H and O–H groups in total. The first-order chi connectivity index (χ1) is 12.6. The zero-order chi connectivity index (χ0) is 18.5. The van der Waals surface area contributed by atoms with Crippen molar-refractivity contribution in [3.05, 3.63) is 42.2 Å². The maximum Gasteiger partial charge on any atom is 0.275 e. The van der Waals surface area contributed by atoms with Crippen molar-refractivity contribution in [3.63, 3.8) is 0 Å². The fraction of sp³-hybridized carbons (Fsp3) is 0.500. The lowest BCUT2D eigenvalue weighted by molar-refractivity contribution is 0.0928. The van der Waals surface area contributed by atoms with E-state index in [-0.39, 0.29) is 5.91 Å². The monoisotopic (exact) mass is 356 g/mol. The van der Waals surface area contributed by atoms with E-state index in [2.05, 4.69) is 29.2 Å². The first-order valence-corrected chi connectivity index (χ1v) is 9.26. The maximum atomic E-state index is 12.6. The molecule has 1 aromatic carbocycles. The Labute approximate surface area is 155 Å². The normalized spacial score (nSPS) is 20.7. The maximum absolute atomic E-state index is 12.6. The van der Waals surface area contributed by atoms with Crippen LogP contribution in [0, 0.1) is 11.8 Å². The molecule has 2 heterocycles. The Hall–Kier alpha value is -2.34. The number of ether oxygens (including phenoxy) is 1. The highest BCUT2D eigenvalue weighted by atomic mass is 16.5. The number of hydrogen-bond donors (Lipinski definition) is 1. The molecule has 2 aromatic rings. The number of amides is 1. The van der Waals surface area contributed by atoms with Crippen LogP contribution in [0.4, 0.5) is 0 Å².